The number of amides is 1. The van der Waals surface area contributed by atoms with Crippen molar-refractivity contribution < 1.29 is 13.2 Å². The number of hydrogen-bond acceptors (Lipinski definition) is 3. The quantitative estimate of drug-likeness (QED) is 0.625. The fraction of sp³-hybridized carbons (Fsp3) is 0.435. The predicted octanol–water partition coefficient (Wildman–Crippen LogP) is 4.68. The van der Waals surface area contributed by atoms with Crippen LogP contribution in [0.1, 0.15) is 49.7 Å². The second-order valence-corrected chi connectivity index (χ2v) is 10.3. The normalized spacial score (nSPS) is 15.7. The van der Waals surface area contributed by atoms with Gasteiger partial charge in [0, 0.05) is 17.6 Å². The average molecular weight is 449 g/mol. The summed E-state index contributed by atoms with van der Waals surface area (Å²) >= 11 is 5.93. The van der Waals surface area contributed by atoms with Crippen LogP contribution in [0.15, 0.2) is 53.4 Å². The molecule has 1 fully saturated rings. The number of aryl methyl sites for hydroxylation is 1. The first-order valence-electron chi connectivity index (χ1n) is 10.5. The lowest BCUT2D eigenvalue weighted by molar-refractivity contribution is -0.122. The molecule has 0 heterocycles. The van der Waals surface area contributed by atoms with Gasteiger partial charge in [0.05, 0.1) is 11.4 Å². The molecule has 0 saturated heterocycles. The van der Waals surface area contributed by atoms with Gasteiger partial charge < -0.3 is 5.32 Å². The van der Waals surface area contributed by atoms with E-state index < -0.39 is 10.0 Å². The van der Waals surface area contributed by atoms with Crippen molar-refractivity contribution in [2.45, 2.75) is 62.9 Å². The maximum absolute atomic E-state index is 13.3. The average Bonchev–Trinajstić information content (AvgIpc) is 2.98. The third-order valence-electron chi connectivity index (χ3n) is 5.60. The highest BCUT2D eigenvalue weighted by atomic mass is 35.5. The van der Waals surface area contributed by atoms with E-state index in [9.17, 15) is 13.2 Å². The van der Waals surface area contributed by atoms with Crippen LogP contribution in [0.5, 0.6) is 0 Å². The summed E-state index contributed by atoms with van der Waals surface area (Å²) in [5.41, 5.74) is 1.86. The zero-order valence-corrected chi connectivity index (χ0v) is 18.9. The number of nitrogens with one attached hydrogen (secondary N) is 1. The number of carbonyl (C=O) groups is 1. The fourth-order valence-electron chi connectivity index (χ4n) is 3.82. The molecular formula is C23H29ClN2O3S. The van der Waals surface area contributed by atoms with E-state index in [1.54, 1.807) is 12.1 Å². The maximum Gasteiger partial charge on any atom is 0.243 e. The molecule has 1 aliphatic rings. The number of benzene rings is 2. The van der Waals surface area contributed by atoms with Crippen molar-refractivity contribution in [1.29, 1.82) is 0 Å². The molecule has 1 N–H and O–H groups in total. The monoisotopic (exact) mass is 448 g/mol. The molecule has 0 aromatic heterocycles. The Morgan fingerprint density at radius 3 is 2.30 bits per heavy atom. The highest BCUT2D eigenvalue weighted by Crippen LogP contribution is 2.22. The summed E-state index contributed by atoms with van der Waals surface area (Å²) in [6, 6.07) is 13.8. The molecule has 0 unspecified atom stereocenters. The number of halogens is 1. The number of rotatable bonds is 7. The highest BCUT2D eigenvalue weighted by Gasteiger charge is 2.28. The van der Waals surface area contributed by atoms with E-state index in [1.165, 1.54) is 29.3 Å². The molecule has 1 aliphatic carbocycles. The zero-order chi connectivity index (χ0) is 21.6. The maximum atomic E-state index is 13.3. The molecule has 0 radical (unpaired) electrons. The molecule has 162 valence electrons. The van der Waals surface area contributed by atoms with Crippen molar-refractivity contribution in [2.24, 2.45) is 0 Å². The molecule has 1 amide bonds. The predicted molar refractivity (Wildman–Crippen MR) is 120 cm³/mol. The van der Waals surface area contributed by atoms with Crippen molar-refractivity contribution in [3.05, 3.63) is 64.7 Å². The van der Waals surface area contributed by atoms with Gasteiger partial charge in [-0.15, -0.1) is 0 Å². The first-order chi connectivity index (χ1) is 14.4. The van der Waals surface area contributed by atoms with Gasteiger partial charge in [-0.2, -0.15) is 4.31 Å². The molecule has 7 heteroatoms. The number of hydrogen-bond donors (Lipinski definition) is 1. The summed E-state index contributed by atoms with van der Waals surface area (Å²) in [6.45, 7) is 1.86. The van der Waals surface area contributed by atoms with E-state index >= 15 is 0 Å². The molecule has 2 aromatic carbocycles. The van der Waals surface area contributed by atoms with Gasteiger partial charge in [0.25, 0.3) is 0 Å². The van der Waals surface area contributed by atoms with Crippen LogP contribution in [0.4, 0.5) is 0 Å². The minimum Gasteiger partial charge on any atom is -0.352 e. The second kappa shape index (κ2) is 10.4. The van der Waals surface area contributed by atoms with E-state index in [-0.39, 0.29) is 29.9 Å². The lowest BCUT2D eigenvalue weighted by atomic mass is 10.1. The molecule has 3 rings (SSSR count). The second-order valence-electron chi connectivity index (χ2n) is 7.91. The largest absolute Gasteiger partial charge is 0.352 e. The minimum atomic E-state index is -3.86. The molecule has 2 aromatic rings. The van der Waals surface area contributed by atoms with Crippen LogP contribution in [0.25, 0.3) is 0 Å². The summed E-state index contributed by atoms with van der Waals surface area (Å²) in [4.78, 5) is 12.9. The van der Waals surface area contributed by atoms with E-state index in [2.05, 4.69) is 5.32 Å². The van der Waals surface area contributed by atoms with Crippen LogP contribution in [-0.2, 0) is 21.4 Å². The number of sulfonamides is 1. The van der Waals surface area contributed by atoms with Crippen molar-refractivity contribution in [2.75, 3.05) is 6.54 Å². The van der Waals surface area contributed by atoms with Crippen LogP contribution in [0.3, 0.4) is 0 Å². The number of nitrogens with zero attached hydrogens (tertiary/aromatic N) is 1. The first-order valence-corrected chi connectivity index (χ1v) is 12.3. The van der Waals surface area contributed by atoms with Crippen LogP contribution in [-0.4, -0.2) is 31.2 Å². The zero-order valence-electron chi connectivity index (χ0n) is 17.3. The molecule has 0 spiro atoms. The summed E-state index contributed by atoms with van der Waals surface area (Å²) in [5, 5.41) is 3.52. The van der Waals surface area contributed by atoms with Gasteiger partial charge in [-0.25, -0.2) is 8.42 Å². The van der Waals surface area contributed by atoms with Crippen LogP contribution in [0.2, 0.25) is 5.02 Å². The molecule has 1 saturated carbocycles. The van der Waals surface area contributed by atoms with Crippen molar-refractivity contribution >= 4 is 27.5 Å². The smallest absolute Gasteiger partial charge is 0.243 e. The molecule has 0 aliphatic heterocycles. The Morgan fingerprint density at radius 1 is 1.03 bits per heavy atom. The van der Waals surface area contributed by atoms with Gasteiger partial charge in [0.15, 0.2) is 0 Å². The van der Waals surface area contributed by atoms with E-state index in [4.69, 9.17) is 11.6 Å². The minimum absolute atomic E-state index is 0.124. The van der Waals surface area contributed by atoms with Crippen LogP contribution in [0, 0.1) is 6.92 Å². The highest BCUT2D eigenvalue weighted by molar-refractivity contribution is 7.89. The van der Waals surface area contributed by atoms with Crippen LogP contribution >= 0.6 is 11.6 Å². The SMILES string of the molecule is Cc1ccccc1CN(CC(=O)NC1CCCCCC1)S(=O)(=O)c1ccc(Cl)cc1. The molecule has 0 bridgehead atoms. The van der Waals surface area contributed by atoms with Gasteiger partial charge in [0.1, 0.15) is 0 Å². The molecular weight excluding hydrogens is 420 g/mol. The third kappa shape index (κ3) is 6.06. The topological polar surface area (TPSA) is 66.5 Å². The van der Waals surface area contributed by atoms with E-state index in [1.807, 2.05) is 31.2 Å². The number of carbonyl (C=O) groups excluding carboxylic acids is 1. The van der Waals surface area contributed by atoms with Gasteiger partial charge in [-0.3, -0.25) is 4.79 Å². The van der Waals surface area contributed by atoms with Crippen molar-refractivity contribution in [3.63, 3.8) is 0 Å². The van der Waals surface area contributed by atoms with Gasteiger partial charge in [-0.05, 0) is 55.2 Å². The summed E-state index contributed by atoms with van der Waals surface area (Å²) in [5.74, 6) is -0.256. The Balaban J connectivity index is 1.82. The molecule has 30 heavy (non-hydrogen) atoms. The Kier molecular flexibility index (Phi) is 7.92. The fourth-order valence-corrected chi connectivity index (χ4v) is 5.32. The lowest BCUT2D eigenvalue weighted by Crippen LogP contribution is -2.43. The van der Waals surface area contributed by atoms with E-state index in [0.29, 0.717) is 5.02 Å². The van der Waals surface area contributed by atoms with Gasteiger partial charge in [0.2, 0.25) is 15.9 Å². The lowest BCUT2D eigenvalue weighted by Gasteiger charge is -2.24. The molecule has 0 atom stereocenters. The Labute approximate surface area is 184 Å². The van der Waals surface area contributed by atoms with E-state index in [0.717, 1.165) is 36.8 Å². The summed E-state index contributed by atoms with van der Waals surface area (Å²) < 4.78 is 27.9. The van der Waals surface area contributed by atoms with Gasteiger partial charge >= 0.3 is 0 Å². The molecule has 5 nitrogen and oxygen atoms in total. The summed E-state index contributed by atoms with van der Waals surface area (Å²) in [7, 11) is -3.86. The van der Waals surface area contributed by atoms with Crippen molar-refractivity contribution in [3.8, 4) is 0 Å². The Bertz CT molecular complexity index is 953. The van der Waals surface area contributed by atoms with Crippen LogP contribution < -0.4 is 5.32 Å². The standard InChI is InChI=1S/C23H29ClN2O3S/c1-18-8-6-7-9-19(18)16-26(30(28,29)22-14-12-20(24)13-15-22)17-23(27)25-21-10-4-2-3-5-11-21/h6-9,12-15,21H,2-5,10-11,16-17H2,1H3,(H,25,27). The summed E-state index contributed by atoms with van der Waals surface area (Å²) in [6.07, 6.45) is 6.48. The Morgan fingerprint density at radius 2 is 1.67 bits per heavy atom. The Hall–Kier alpha value is -1.89. The first kappa shape index (κ1) is 22.8. The third-order valence-corrected chi connectivity index (χ3v) is 7.66. The van der Waals surface area contributed by atoms with Crippen molar-refractivity contribution in [1.82, 2.24) is 9.62 Å². The van der Waals surface area contributed by atoms with Gasteiger partial charge in [-0.1, -0.05) is 61.5 Å².